The summed E-state index contributed by atoms with van der Waals surface area (Å²) in [5.41, 5.74) is 0.0298. The zero-order valence-corrected chi connectivity index (χ0v) is 11.1. The third-order valence-corrected chi connectivity index (χ3v) is 3.50. The fourth-order valence-electron chi connectivity index (χ4n) is 2.34. The van der Waals surface area contributed by atoms with Gasteiger partial charge in [0.1, 0.15) is 12.3 Å². The van der Waals surface area contributed by atoms with E-state index in [4.69, 9.17) is 5.11 Å². The van der Waals surface area contributed by atoms with Gasteiger partial charge in [-0.15, -0.1) is 0 Å². The van der Waals surface area contributed by atoms with Gasteiger partial charge in [0.2, 0.25) is 5.91 Å². The number of aliphatic carboxylic acids is 1. The number of aromatic hydroxyl groups is 1. The molecule has 0 bridgehead atoms. The van der Waals surface area contributed by atoms with Crippen molar-refractivity contribution in [2.75, 3.05) is 13.1 Å². The fourth-order valence-corrected chi connectivity index (χ4v) is 2.34. The van der Waals surface area contributed by atoms with Crippen molar-refractivity contribution in [1.29, 1.82) is 0 Å². The maximum atomic E-state index is 12.1. The molecule has 7 nitrogen and oxygen atoms in total. The van der Waals surface area contributed by atoms with Gasteiger partial charge in [0, 0.05) is 24.8 Å². The molecule has 20 heavy (non-hydrogen) atoms. The monoisotopic (exact) mass is 280 g/mol. The molecule has 1 atom stereocenters. The summed E-state index contributed by atoms with van der Waals surface area (Å²) in [6.07, 6.45) is 0.435. The molecule has 2 N–H and O–H groups in total. The molecule has 2 rings (SSSR count). The molecule has 1 saturated heterocycles. The van der Waals surface area contributed by atoms with Crippen molar-refractivity contribution in [3.63, 3.8) is 0 Å². The Hall–Kier alpha value is -2.31. The van der Waals surface area contributed by atoms with Crippen LogP contribution >= 0.6 is 0 Å². The summed E-state index contributed by atoms with van der Waals surface area (Å²) < 4.78 is 1.26. The van der Waals surface area contributed by atoms with Crippen LogP contribution in [0.1, 0.15) is 12.1 Å². The fraction of sp³-hybridized carbons (Fsp3) is 0.462. The van der Waals surface area contributed by atoms with Crippen LogP contribution in [0.15, 0.2) is 16.9 Å². The third-order valence-electron chi connectivity index (χ3n) is 3.50. The molecule has 1 aliphatic heterocycles. The van der Waals surface area contributed by atoms with Crippen LogP contribution in [0.5, 0.6) is 5.75 Å². The number of pyridine rings is 1. The first-order valence-electron chi connectivity index (χ1n) is 6.29. The highest BCUT2D eigenvalue weighted by molar-refractivity contribution is 5.78. The van der Waals surface area contributed by atoms with Gasteiger partial charge in [-0.25, -0.2) is 0 Å². The number of carboxylic acids is 1. The van der Waals surface area contributed by atoms with Gasteiger partial charge in [-0.3, -0.25) is 14.4 Å². The van der Waals surface area contributed by atoms with Crippen LogP contribution in [0.2, 0.25) is 0 Å². The van der Waals surface area contributed by atoms with Gasteiger partial charge >= 0.3 is 5.97 Å². The van der Waals surface area contributed by atoms with Gasteiger partial charge in [-0.1, -0.05) is 0 Å². The summed E-state index contributed by atoms with van der Waals surface area (Å²) in [4.78, 5) is 36.1. The number of hydrogen-bond donors (Lipinski definition) is 2. The van der Waals surface area contributed by atoms with E-state index in [9.17, 15) is 19.5 Å². The average Bonchev–Trinajstić information content (AvgIpc) is 2.83. The molecule has 1 aromatic rings. The van der Waals surface area contributed by atoms with Gasteiger partial charge in [0.05, 0.1) is 5.92 Å². The number of nitrogens with zero attached hydrogens (tertiary/aromatic N) is 2. The molecule has 1 fully saturated rings. The Kier molecular flexibility index (Phi) is 3.78. The SMILES string of the molecule is Cc1cc(O)cc(=O)n1CC(=O)N1CCC(C(=O)O)C1. The minimum Gasteiger partial charge on any atom is -0.508 e. The van der Waals surface area contributed by atoms with E-state index in [1.165, 1.54) is 15.5 Å². The molecular formula is C13H16N2O5. The van der Waals surface area contributed by atoms with E-state index in [2.05, 4.69) is 0 Å². The molecule has 1 amide bonds. The zero-order chi connectivity index (χ0) is 14.9. The number of carbonyl (C=O) groups is 2. The van der Waals surface area contributed by atoms with Crippen LogP contribution in [-0.2, 0) is 16.1 Å². The van der Waals surface area contributed by atoms with Crippen molar-refractivity contribution in [2.45, 2.75) is 19.9 Å². The van der Waals surface area contributed by atoms with Crippen molar-refractivity contribution in [3.8, 4) is 5.75 Å². The highest BCUT2D eigenvalue weighted by atomic mass is 16.4. The van der Waals surface area contributed by atoms with E-state index in [0.717, 1.165) is 6.07 Å². The Labute approximate surface area is 115 Å². The quantitative estimate of drug-likeness (QED) is 0.798. The van der Waals surface area contributed by atoms with Crippen molar-refractivity contribution in [3.05, 3.63) is 28.2 Å². The van der Waals surface area contributed by atoms with Crippen LogP contribution in [0, 0.1) is 12.8 Å². The van der Waals surface area contributed by atoms with Gasteiger partial charge in [-0.2, -0.15) is 0 Å². The number of hydrogen-bond acceptors (Lipinski definition) is 4. The van der Waals surface area contributed by atoms with Crippen LogP contribution in [0.4, 0.5) is 0 Å². The lowest BCUT2D eigenvalue weighted by Gasteiger charge is -2.17. The summed E-state index contributed by atoms with van der Waals surface area (Å²) in [6, 6.07) is 2.45. The largest absolute Gasteiger partial charge is 0.508 e. The van der Waals surface area contributed by atoms with Gasteiger partial charge in [0.25, 0.3) is 5.56 Å². The normalized spacial score (nSPS) is 18.2. The topological polar surface area (TPSA) is 99.8 Å². The first-order chi connectivity index (χ1) is 9.38. The number of likely N-dealkylation sites (tertiary alicyclic amines) is 1. The number of carboxylic acid groups (broad SMARTS) is 1. The van der Waals surface area contributed by atoms with E-state index in [1.54, 1.807) is 6.92 Å². The Morgan fingerprint density at radius 1 is 1.40 bits per heavy atom. The lowest BCUT2D eigenvalue weighted by atomic mass is 10.1. The first kappa shape index (κ1) is 14.1. The van der Waals surface area contributed by atoms with Crippen molar-refractivity contribution >= 4 is 11.9 Å². The summed E-state index contributed by atoms with van der Waals surface area (Å²) >= 11 is 0. The number of amides is 1. The second-order valence-corrected chi connectivity index (χ2v) is 4.94. The van der Waals surface area contributed by atoms with Crippen LogP contribution < -0.4 is 5.56 Å². The number of aryl methyl sites for hydroxylation is 1. The van der Waals surface area contributed by atoms with Crippen molar-refractivity contribution < 1.29 is 19.8 Å². The highest BCUT2D eigenvalue weighted by Gasteiger charge is 2.30. The lowest BCUT2D eigenvalue weighted by molar-refractivity contribution is -0.141. The first-order valence-corrected chi connectivity index (χ1v) is 6.29. The third kappa shape index (κ3) is 2.81. The average molecular weight is 280 g/mol. The molecule has 0 saturated carbocycles. The van der Waals surface area contributed by atoms with E-state index in [1.807, 2.05) is 0 Å². The zero-order valence-electron chi connectivity index (χ0n) is 11.1. The standard InChI is InChI=1S/C13H16N2O5/c1-8-4-10(16)5-11(17)15(8)7-12(18)14-3-2-9(6-14)13(19)20/h4-5,9,16H,2-3,6-7H2,1H3,(H,19,20). The van der Waals surface area contributed by atoms with Gasteiger partial charge in [0.15, 0.2) is 0 Å². The molecular weight excluding hydrogens is 264 g/mol. The minimum absolute atomic E-state index is 0.136. The molecule has 0 radical (unpaired) electrons. The lowest BCUT2D eigenvalue weighted by Crippen LogP contribution is -2.36. The Morgan fingerprint density at radius 3 is 2.65 bits per heavy atom. The maximum Gasteiger partial charge on any atom is 0.308 e. The molecule has 1 aliphatic rings. The number of aromatic nitrogens is 1. The van der Waals surface area contributed by atoms with Crippen molar-refractivity contribution in [2.24, 2.45) is 5.92 Å². The predicted molar refractivity (Wildman–Crippen MR) is 69.4 cm³/mol. The maximum absolute atomic E-state index is 12.1. The predicted octanol–water partition coefficient (Wildman–Crippen LogP) is -0.205. The second-order valence-electron chi connectivity index (χ2n) is 4.94. The Morgan fingerprint density at radius 2 is 2.10 bits per heavy atom. The second kappa shape index (κ2) is 5.36. The molecule has 1 aromatic heterocycles. The molecule has 7 heteroatoms. The summed E-state index contributed by atoms with van der Waals surface area (Å²) in [7, 11) is 0. The van der Waals surface area contributed by atoms with Crippen molar-refractivity contribution in [1.82, 2.24) is 9.47 Å². The summed E-state index contributed by atoms with van der Waals surface area (Å²) in [5, 5.41) is 18.2. The molecule has 0 aliphatic carbocycles. The summed E-state index contributed by atoms with van der Waals surface area (Å²) in [5.74, 6) is -1.86. The molecule has 0 aromatic carbocycles. The van der Waals surface area contributed by atoms with E-state index in [-0.39, 0.29) is 24.7 Å². The number of rotatable bonds is 3. The van der Waals surface area contributed by atoms with Crippen LogP contribution in [0.25, 0.3) is 0 Å². The number of carbonyl (C=O) groups excluding carboxylic acids is 1. The molecule has 1 unspecified atom stereocenters. The van der Waals surface area contributed by atoms with E-state index >= 15 is 0 Å². The molecule has 0 spiro atoms. The Balaban J connectivity index is 2.10. The highest BCUT2D eigenvalue weighted by Crippen LogP contribution is 2.17. The van der Waals surface area contributed by atoms with Gasteiger partial charge < -0.3 is 19.7 Å². The van der Waals surface area contributed by atoms with Crippen LogP contribution in [0.3, 0.4) is 0 Å². The Bertz CT molecular complexity index is 607. The molecule has 2 heterocycles. The van der Waals surface area contributed by atoms with E-state index in [0.29, 0.717) is 18.7 Å². The smallest absolute Gasteiger partial charge is 0.308 e. The van der Waals surface area contributed by atoms with Gasteiger partial charge in [-0.05, 0) is 19.4 Å². The van der Waals surface area contributed by atoms with E-state index < -0.39 is 17.4 Å². The summed E-state index contributed by atoms with van der Waals surface area (Å²) in [6.45, 7) is 2.05. The minimum atomic E-state index is -0.904. The molecule has 108 valence electrons. The van der Waals surface area contributed by atoms with Crippen LogP contribution in [-0.4, -0.2) is 44.6 Å².